The molecule has 0 radical (unpaired) electrons. The molecule has 0 bridgehead atoms. The lowest BCUT2D eigenvalue weighted by Crippen LogP contribution is -2.39. The lowest BCUT2D eigenvalue weighted by atomic mass is 9.87. The van der Waals surface area contributed by atoms with Crippen LogP contribution in [0, 0.1) is 10.1 Å². The number of nitro benzene ring substituents is 1. The summed E-state index contributed by atoms with van der Waals surface area (Å²) in [7, 11) is 0. The number of nitro groups is 1. The number of ether oxygens (including phenoxy) is 2. The Kier molecular flexibility index (Phi) is 6.43. The van der Waals surface area contributed by atoms with Gasteiger partial charge in [-0.3, -0.25) is 14.9 Å². The van der Waals surface area contributed by atoms with Crippen molar-refractivity contribution in [1.82, 2.24) is 5.32 Å². The zero-order valence-electron chi connectivity index (χ0n) is 16.0. The molecular formula is C21H22N2O6. The number of esters is 1. The van der Waals surface area contributed by atoms with E-state index < -0.39 is 29.5 Å². The second-order valence-electron chi connectivity index (χ2n) is 6.80. The van der Waals surface area contributed by atoms with Crippen molar-refractivity contribution in [3.05, 3.63) is 69.8 Å². The van der Waals surface area contributed by atoms with E-state index in [-0.39, 0.29) is 17.5 Å². The molecule has 3 rings (SSSR count). The Balaban J connectivity index is 1.52. The summed E-state index contributed by atoms with van der Waals surface area (Å²) in [6.45, 7) is 0.946. The third-order valence-electron chi connectivity index (χ3n) is 4.77. The molecule has 152 valence electrons. The summed E-state index contributed by atoms with van der Waals surface area (Å²) in [6.07, 6.45) is 1.77. The number of fused-ring (bicyclic) bond motifs is 1. The summed E-state index contributed by atoms with van der Waals surface area (Å²) in [5.74, 6) is -1.22. The topological polar surface area (TPSA) is 108 Å². The molecule has 0 saturated heterocycles. The van der Waals surface area contributed by atoms with Crippen molar-refractivity contribution in [1.29, 1.82) is 0 Å². The fraction of sp³-hybridized carbons (Fsp3) is 0.333. The number of aryl methyl sites for hydroxylation is 1. The van der Waals surface area contributed by atoms with Gasteiger partial charge in [-0.1, -0.05) is 36.4 Å². The van der Waals surface area contributed by atoms with E-state index >= 15 is 0 Å². The predicted molar refractivity (Wildman–Crippen MR) is 104 cm³/mol. The van der Waals surface area contributed by atoms with Crippen LogP contribution in [0.3, 0.4) is 0 Å². The standard InChI is InChI=1S/C21H22N2O6/c1-14(21(25)22-17-10-6-8-15-7-2-3-9-16(15)17)29-20(24)13-28-19-12-5-4-11-18(19)23(26)27/h2-5,7,9,11-12,14,17H,6,8,10,13H2,1H3,(H,22,25)/t14-,17+/m0/s1. The number of nitrogens with zero attached hydrogens (tertiary/aromatic N) is 1. The lowest BCUT2D eigenvalue weighted by molar-refractivity contribution is -0.385. The number of hydrogen-bond donors (Lipinski definition) is 1. The minimum absolute atomic E-state index is 0.0367. The van der Waals surface area contributed by atoms with Gasteiger partial charge in [0, 0.05) is 6.07 Å². The molecule has 0 heterocycles. The fourth-order valence-corrected chi connectivity index (χ4v) is 3.34. The van der Waals surface area contributed by atoms with Crippen LogP contribution < -0.4 is 10.1 Å². The van der Waals surface area contributed by atoms with Crippen LogP contribution in [0.1, 0.15) is 36.9 Å². The monoisotopic (exact) mass is 398 g/mol. The van der Waals surface area contributed by atoms with Gasteiger partial charge in [0.25, 0.3) is 5.91 Å². The van der Waals surface area contributed by atoms with E-state index in [2.05, 4.69) is 11.4 Å². The molecule has 1 N–H and O–H groups in total. The molecule has 2 aromatic carbocycles. The molecule has 1 aliphatic rings. The third-order valence-corrected chi connectivity index (χ3v) is 4.77. The van der Waals surface area contributed by atoms with Gasteiger partial charge in [-0.15, -0.1) is 0 Å². The lowest BCUT2D eigenvalue weighted by Gasteiger charge is -2.27. The first-order chi connectivity index (χ1) is 14.0. The van der Waals surface area contributed by atoms with E-state index in [0.29, 0.717) is 0 Å². The summed E-state index contributed by atoms with van der Waals surface area (Å²) in [4.78, 5) is 34.8. The van der Waals surface area contributed by atoms with Crippen LogP contribution in [0.4, 0.5) is 5.69 Å². The Hall–Kier alpha value is -3.42. The molecule has 0 unspecified atom stereocenters. The molecule has 0 aromatic heterocycles. The minimum atomic E-state index is -1.01. The Morgan fingerprint density at radius 1 is 1.21 bits per heavy atom. The maximum Gasteiger partial charge on any atom is 0.344 e. The second-order valence-corrected chi connectivity index (χ2v) is 6.80. The predicted octanol–water partition coefficient (Wildman–Crippen LogP) is 3.10. The average Bonchev–Trinajstić information content (AvgIpc) is 2.72. The van der Waals surface area contributed by atoms with Gasteiger partial charge >= 0.3 is 11.7 Å². The van der Waals surface area contributed by atoms with E-state index in [1.165, 1.54) is 30.7 Å². The van der Waals surface area contributed by atoms with Crippen LogP contribution in [0.5, 0.6) is 5.75 Å². The smallest absolute Gasteiger partial charge is 0.344 e. The molecule has 2 atom stereocenters. The van der Waals surface area contributed by atoms with Crippen molar-refractivity contribution in [3.63, 3.8) is 0 Å². The molecule has 29 heavy (non-hydrogen) atoms. The molecule has 8 nitrogen and oxygen atoms in total. The molecule has 0 fully saturated rings. The van der Waals surface area contributed by atoms with Crippen LogP contribution in [0.2, 0.25) is 0 Å². The molecule has 1 aliphatic carbocycles. The number of benzene rings is 2. The number of hydrogen-bond acceptors (Lipinski definition) is 6. The number of nitrogens with one attached hydrogen (secondary N) is 1. The number of carbonyl (C=O) groups excluding carboxylic acids is 2. The first kappa shape index (κ1) is 20.3. The van der Waals surface area contributed by atoms with Crippen LogP contribution >= 0.6 is 0 Å². The van der Waals surface area contributed by atoms with E-state index in [1.807, 2.05) is 18.2 Å². The van der Waals surface area contributed by atoms with Crippen molar-refractivity contribution in [2.24, 2.45) is 0 Å². The van der Waals surface area contributed by atoms with Gasteiger partial charge < -0.3 is 14.8 Å². The van der Waals surface area contributed by atoms with E-state index in [1.54, 1.807) is 6.07 Å². The van der Waals surface area contributed by atoms with Gasteiger partial charge in [-0.05, 0) is 43.4 Å². The van der Waals surface area contributed by atoms with Crippen molar-refractivity contribution >= 4 is 17.6 Å². The summed E-state index contributed by atoms with van der Waals surface area (Å²) in [5, 5.41) is 13.9. The van der Waals surface area contributed by atoms with Crippen molar-refractivity contribution in [3.8, 4) is 5.75 Å². The van der Waals surface area contributed by atoms with Gasteiger partial charge in [0.05, 0.1) is 11.0 Å². The largest absolute Gasteiger partial charge is 0.475 e. The Morgan fingerprint density at radius 2 is 1.93 bits per heavy atom. The molecule has 8 heteroatoms. The second kappa shape index (κ2) is 9.18. The minimum Gasteiger partial charge on any atom is -0.475 e. The highest BCUT2D eigenvalue weighted by Crippen LogP contribution is 2.29. The van der Waals surface area contributed by atoms with Gasteiger partial charge in [-0.25, -0.2) is 4.79 Å². The van der Waals surface area contributed by atoms with Crippen LogP contribution in [-0.4, -0.2) is 29.5 Å². The first-order valence-corrected chi connectivity index (χ1v) is 9.39. The highest BCUT2D eigenvalue weighted by atomic mass is 16.6. The zero-order chi connectivity index (χ0) is 20.8. The SMILES string of the molecule is C[C@H](OC(=O)COc1ccccc1[N+](=O)[O-])C(=O)N[C@@H]1CCCc2ccccc21. The summed E-state index contributed by atoms with van der Waals surface area (Å²) in [6, 6.07) is 13.6. The van der Waals surface area contributed by atoms with E-state index in [0.717, 1.165) is 24.8 Å². The molecule has 2 aromatic rings. The normalized spacial score (nSPS) is 16.2. The molecule has 0 saturated carbocycles. The van der Waals surface area contributed by atoms with Gasteiger partial charge in [0.2, 0.25) is 0 Å². The number of amides is 1. The van der Waals surface area contributed by atoms with E-state index in [9.17, 15) is 19.7 Å². The summed E-state index contributed by atoms with van der Waals surface area (Å²) in [5.41, 5.74) is 2.05. The van der Waals surface area contributed by atoms with E-state index in [4.69, 9.17) is 9.47 Å². The van der Waals surface area contributed by atoms with Gasteiger partial charge in [0.1, 0.15) is 0 Å². The highest BCUT2D eigenvalue weighted by Gasteiger charge is 2.25. The van der Waals surface area contributed by atoms with Crippen molar-refractivity contribution in [2.45, 2.75) is 38.3 Å². The first-order valence-electron chi connectivity index (χ1n) is 9.39. The fourth-order valence-electron chi connectivity index (χ4n) is 3.34. The molecular weight excluding hydrogens is 376 g/mol. The zero-order valence-corrected chi connectivity index (χ0v) is 16.0. The molecule has 1 amide bonds. The van der Waals surface area contributed by atoms with Crippen LogP contribution in [-0.2, 0) is 20.7 Å². The van der Waals surface area contributed by atoms with Crippen LogP contribution in [0.25, 0.3) is 0 Å². The van der Waals surface area contributed by atoms with Crippen LogP contribution in [0.15, 0.2) is 48.5 Å². The highest BCUT2D eigenvalue weighted by molar-refractivity contribution is 5.84. The average molecular weight is 398 g/mol. The number of rotatable bonds is 7. The maximum absolute atomic E-state index is 12.5. The summed E-state index contributed by atoms with van der Waals surface area (Å²) < 4.78 is 10.3. The maximum atomic E-state index is 12.5. The summed E-state index contributed by atoms with van der Waals surface area (Å²) >= 11 is 0. The quantitative estimate of drug-likeness (QED) is 0.436. The number of carbonyl (C=O) groups is 2. The molecule has 0 spiro atoms. The third kappa shape index (κ3) is 5.10. The Bertz CT molecular complexity index is 914. The number of para-hydroxylation sites is 2. The van der Waals surface area contributed by atoms with Gasteiger partial charge in [-0.2, -0.15) is 0 Å². The van der Waals surface area contributed by atoms with Crippen molar-refractivity contribution in [2.75, 3.05) is 6.61 Å². The Morgan fingerprint density at radius 3 is 2.72 bits per heavy atom. The molecule has 0 aliphatic heterocycles. The Labute approximate surface area is 168 Å². The van der Waals surface area contributed by atoms with Crippen molar-refractivity contribution < 1.29 is 24.0 Å². The van der Waals surface area contributed by atoms with Gasteiger partial charge in [0.15, 0.2) is 18.5 Å².